The first-order valence-corrected chi connectivity index (χ1v) is 11.0. The highest BCUT2D eigenvalue weighted by molar-refractivity contribution is 7.89. The van der Waals surface area contributed by atoms with Gasteiger partial charge in [0.2, 0.25) is 10.0 Å². The second-order valence-corrected chi connectivity index (χ2v) is 9.73. The average Bonchev–Trinajstić information content (AvgIpc) is 2.69. The minimum absolute atomic E-state index is 0.00311. The quantitative estimate of drug-likeness (QED) is 0.652. The number of nitrogens with zero attached hydrogens (tertiary/aromatic N) is 2. The van der Waals surface area contributed by atoms with Crippen molar-refractivity contribution in [3.05, 3.63) is 82.4 Å². The van der Waals surface area contributed by atoms with Gasteiger partial charge in [0.25, 0.3) is 5.56 Å². The molecule has 0 aliphatic heterocycles. The molecule has 0 atom stereocenters. The van der Waals surface area contributed by atoms with Gasteiger partial charge in [0, 0.05) is 18.2 Å². The topological polar surface area (TPSA) is 81.1 Å². The summed E-state index contributed by atoms with van der Waals surface area (Å²) in [7, 11) is -3.71. The summed E-state index contributed by atoms with van der Waals surface area (Å²) in [6.07, 6.45) is 0. The number of halogens is 1. The molecule has 1 N–H and O–H groups in total. The Morgan fingerprint density at radius 1 is 0.967 bits per heavy atom. The third kappa shape index (κ3) is 5.20. The van der Waals surface area contributed by atoms with E-state index in [-0.39, 0.29) is 34.8 Å². The normalized spacial score (nSPS) is 12.1. The molecule has 30 heavy (non-hydrogen) atoms. The van der Waals surface area contributed by atoms with Crippen LogP contribution >= 0.6 is 0 Å². The van der Waals surface area contributed by atoms with E-state index < -0.39 is 10.0 Å². The maximum absolute atomic E-state index is 13.1. The van der Waals surface area contributed by atoms with E-state index in [1.165, 1.54) is 22.9 Å². The molecule has 0 radical (unpaired) electrons. The van der Waals surface area contributed by atoms with Crippen LogP contribution in [0.4, 0.5) is 4.39 Å². The van der Waals surface area contributed by atoms with Gasteiger partial charge in [-0.25, -0.2) is 22.2 Å². The second kappa shape index (κ2) is 8.49. The number of hydrogen-bond acceptors (Lipinski definition) is 4. The zero-order valence-corrected chi connectivity index (χ0v) is 17.9. The Kier molecular flexibility index (Phi) is 6.19. The van der Waals surface area contributed by atoms with Gasteiger partial charge in [-0.15, -0.1) is 0 Å². The van der Waals surface area contributed by atoms with Crippen LogP contribution in [0, 0.1) is 5.82 Å². The molecule has 3 aromatic rings. The number of benzene rings is 2. The van der Waals surface area contributed by atoms with Crippen molar-refractivity contribution in [1.29, 1.82) is 0 Å². The summed E-state index contributed by atoms with van der Waals surface area (Å²) in [4.78, 5) is 12.2. The van der Waals surface area contributed by atoms with E-state index in [0.717, 1.165) is 5.56 Å². The molecule has 158 valence electrons. The van der Waals surface area contributed by atoms with E-state index in [1.807, 2.05) is 0 Å². The van der Waals surface area contributed by atoms with Crippen LogP contribution in [0.15, 0.2) is 70.4 Å². The molecule has 1 heterocycles. The lowest BCUT2D eigenvalue weighted by molar-refractivity contribution is 0.548. The highest BCUT2D eigenvalue weighted by Gasteiger charge is 2.17. The van der Waals surface area contributed by atoms with Crippen molar-refractivity contribution >= 4 is 10.0 Å². The lowest BCUT2D eigenvalue weighted by atomic mass is 9.87. The average molecular weight is 430 g/mol. The standard InChI is InChI=1S/C22H24FN3O3S/c1-22(2,3)17-6-10-19(11-7-17)30(28,29)24-14-15-26-21(27)13-12-20(25-26)16-4-8-18(23)9-5-16/h4-13,24H,14-15H2,1-3H3. The summed E-state index contributed by atoms with van der Waals surface area (Å²) in [6.45, 7) is 6.23. The molecule has 8 heteroatoms. The van der Waals surface area contributed by atoms with Crippen molar-refractivity contribution in [2.45, 2.75) is 37.6 Å². The van der Waals surface area contributed by atoms with Crippen LogP contribution in [0.3, 0.4) is 0 Å². The van der Waals surface area contributed by atoms with E-state index in [0.29, 0.717) is 11.3 Å². The van der Waals surface area contributed by atoms with Gasteiger partial charge in [-0.1, -0.05) is 32.9 Å². The molecule has 0 fully saturated rings. The first-order chi connectivity index (χ1) is 14.1. The second-order valence-electron chi connectivity index (χ2n) is 7.96. The van der Waals surface area contributed by atoms with Gasteiger partial charge in [-0.2, -0.15) is 5.10 Å². The van der Waals surface area contributed by atoms with Crippen LogP contribution in [0.1, 0.15) is 26.3 Å². The highest BCUT2D eigenvalue weighted by atomic mass is 32.2. The summed E-state index contributed by atoms with van der Waals surface area (Å²) in [6, 6.07) is 15.4. The van der Waals surface area contributed by atoms with Crippen molar-refractivity contribution in [2.24, 2.45) is 0 Å². The van der Waals surface area contributed by atoms with Gasteiger partial charge in [-0.05, 0) is 53.4 Å². The summed E-state index contributed by atoms with van der Waals surface area (Å²) in [5.41, 5.74) is 1.77. The van der Waals surface area contributed by atoms with Crippen molar-refractivity contribution in [1.82, 2.24) is 14.5 Å². The molecule has 2 aromatic carbocycles. The van der Waals surface area contributed by atoms with Crippen molar-refractivity contribution in [2.75, 3.05) is 6.54 Å². The van der Waals surface area contributed by atoms with Crippen LogP contribution in [0.25, 0.3) is 11.3 Å². The van der Waals surface area contributed by atoms with Crippen LogP contribution in [-0.2, 0) is 22.0 Å². The number of aromatic nitrogens is 2. The molecule has 3 rings (SSSR count). The minimum atomic E-state index is -3.71. The Labute approximate surface area is 175 Å². The molecule has 0 spiro atoms. The van der Waals surface area contributed by atoms with Crippen molar-refractivity contribution < 1.29 is 12.8 Å². The number of rotatable bonds is 6. The fourth-order valence-corrected chi connectivity index (χ4v) is 3.91. The minimum Gasteiger partial charge on any atom is -0.268 e. The monoisotopic (exact) mass is 429 g/mol. The number of sulfonamides is 1. The molecule has 0 saturated heterocycles. The van der Waals surface area contributed by atoms with Crippen LogP contribution in [0.2, 0.25) is 0 Å². The van der Waals surface area contributed by atoms with Crippen molar-refractivity contribution in [3.8, 4) is 11.3 Å². The maximum atomic E-state index is 13.1. The van der Waals surface area contributed by atoms with E-state index >= 15 is 0 Å². The van der Waals surface area contributed by atoms with Gasteiger partial charge in [0.1, 0.15) is 5.82 Å². The van der Waals surface area contributed by atoms with Crippen molar-refractivity contribution in [3.63, 3.8) is 0 Å². The molecule has 1 aromatic heterocycles. The van der Waals surface area contributed by atoms with E-state index in [1.54, 1.807) is 42.5 Å². The Morgan fingerprint density at radius 3 is 2.20 bits per heavy atom. The molecular formula is C22H24FN3O3S. The van der Waals surface area contributed by atoms with Gasteiger partial charge in [-0.3, -0.25) is 4.79 Å². The molecule has 0 unspecified atom stereocenters. The van der Waals surface area contributed by atoms with Gasteiger partial charge < -0.3 is 0 Å². The van der Waals surface area contributed by atoms with Crippen LogP contribution in [0.5, 0.6) is 0 Å². The Bertz CT molecular complexity index is 1180. The predicted molar refractivity (Wildman–Crippen MR) is 114 cm³/mol. The van der Waals surface area contributed by atoms with Gasteiger partial charge >= 0.3 is 0 Å². The summed E-state index contributed by atoms with van der Waals surface area (Å²) < 4.78 is 41.9. The smallest absolute Gasteiger partial charge is 0.266 e. The predicted octanol–water partition coefficient (Wildman–Crippen LogP) is 3.33. The SMILES string of the molecule is CC(C)(C)c1ccc(S(=O)(=O)NCCn2nc(-c3ccc(F)cc3)ccc2=O)cc1. The lowest BCUT2D eigenvalue weighted by Crippen LogP contribution is -2.32. The molecule has 0 amide bonds. The fraction of sp³-hybridized carbons (Fsp3) is 0.273. The van der Waals surface area contributed by atoms with E-state index in [9.17, 15) is 17.6 Å². The Morgan fingerprint density at radius 2 is 1.60 bits per heavy atom. The highest BCUT2D eigenvalue weighted by Crippen LogP contribution is 2.23. The summed E-state index contributed by atoms with van der Waals surface area (Å²) >= 11 is 0. The largest absolute Gasteiger partial charge is 0.268 e. The van der Waals surface area contributed by atoms with Gasteiger partial charge in [0.15, 0.2) is 0 Å². The molecule has 0 bridgehead atoms. The molecule has 6 nitrogen and oxygen atoms in total. The van der Waals surface area contributed by atoms with Crippen LogP contribution < -0.4 is 10.3 Å². The Balaban J connectivity index is 1.70. The first kappa shape index (κ1) is 21.9. The third-order valence-corrected chi connectivity index (χ3v) is 6.13. The zero-order valence-electron chi connectivity index (χ0n) is 17.1. The lowest BCUT2D eigenvalue weighted by Gasteiger charge is -2.19. The summed E-state index contributed by atoms with van der Waals surface area (Å²) in [5.74, 6) is -0.364. The maximum Gasteiger partial charge on any atom is 0.266 e. The summed E-state index contributed by atoms with van der Waals surface area (Å²) in [5, 5.41) is 4.25. The first-order valence-electron chi connectivity index (χ1n) is 9.51. The van der Waals surface area contributed by atoms with Gasteiger partial charge in [0.05, 0.1) is 17.1 Å². The van der Waals surface area contributed by atoms with Crippen LogP contribution in [-0.4, -0.2) is 24.7 Å². The molecule has 0 aliphatic carbocycles. The third-order valence-electron chi connectivity index (χ3n) is 4.65. The van der Waals surface area contributed by atoms with E-state index in [2.05, 4.69) is 30.6 Å². The fourth-order valence-electron chi connectivity index (χ4n) is 2.89. The van der Waals surface area contributed by atoms with E-state index in [4.69, 9.17) is 0 Å². The molecule has 0 saturated carbocycles. The molecular weight excluding hydrogens is 405 g/mol. The number of nitrogens with one attached hydrogen (secondary N) is 1. The number of hydrogen-bond donors (Lipinski definition) is 1. The molecule has 0 aliphatic rings. The Hall–Kier alpha value is -2.84. The zero-order chi connectivity index (χ0) is 21.9.